The van der Waals surface area contributed by atoms with Gasteiger partial charge in [0.05, 0.1) is 12.3 Å². The summed E-state index contributed by atoms with van der Waals surface area (Å²) in [4.78, 5) is 11.4. The van der Waals surface area contributed by atoms with Crippen molar-refractivity contribution in [3.8, 4) is 0 Å². The molecule has 0 atom stereocenters. The summed E-state index contributed by atoms with van der Waals surface area (Å²) in [5, 5.41) is 3.82. The SMILES string of the molecule is C/C(CCl)=N\NC(=O)Cc1ccccc1. The fraction of sp³-hybridized carbons (Fsp3) is 0.273. The van der Waals surface area contributed by atoms with E-state index in [1.165, 1.54) is 0 Å². The molecule has 0 aliphatic heterocycles. The van der Waals surface area contributed by atoms with Gasteiger partial charge in [-0.2, -0.15) is 5.10 Å². The maximum Gasteiger partial charge on any atom is 0.244 e. The fourth-order valence-corrected chi connectivity index (χ4v) is 1.07. The van der Waals surface area contributed by atoms with Crippen LogP contribution in [0, 0.1) is 0 Å². The summed E-state index contributed by atoms with van der Waals surface area (Å²) in [5.74, 6) is 0.191. The Labute approximate surface area is 94.1 Å². The predicted molar refractivity (Wildman–Crippen MR) is 62.1 cm³/mol. The van der Waals surface area contributed by atoms with Gasteiger partial charge in [-0.1, -0.05) is 30.3 Å². The number of hydrogen-bond acceptors (Lipinski definition) is 2. The number of hydrazone groups is 1. The van der Waals surface area contributed by atoms with E-state index in [-0.39, 0.29) is 5.91 Å². The summed E-state index contributed by atoms with van der Waals surface area (Å²) in [6.07, 6.45) is 0.333. The Hall–Kier alpha value is -1.35. The lowest BCUT2D eigenvalue weighted by Gasteiger charge is -2.00. The molecule has 1 N–H and O–H groups in total. The Bertz CT molecular complexity index is 349. The maximum atomic E-state index is 11.4. The van der Waals surface area contributed by atoms with E-state index >= 15 is 0 Å². The summed E-state index contributed by atoms with van der Waals surface area (Å²) >= 11 is 5.51. The molecule has 1 amide bonds. The Morgan fingerprint density at radius 1 is 1.40 bits per heavy atom. The van der Waals surface area contributed by atoms with Gasteiger partial charge in [0.25, 0.3) is 0 Å². The maximum absolute atomic E-state index is 11.4. The van der Waals surface area contributed by atoms with Gasteiger partial charge in [-0.15, -0.1) is 11.6 Å². The molecule has 1 aromatic carbocycles. The Morgan fingerprint density at radius 3 is 2.67 bits per heavy atom. The second-order valence-corrected chi connectivity index (χ2v) is 3.45. The third kappa shape index (κ3) is 4.61. The Morgan fingerprint density at radius 2 is 2.07 bits per heavy atom. The number of carbonyl (C=O) groups excluding carboxylic acids is 1. The van der Waals surface area contributed by atoms with Crippen LogP contribution < -0.4 is 5.43 Å². The molecule has 0 bridgehead atoms. The Balaban J connectivity index is 2.44. The van der Waals surface area contributed by atoms with E-state index in [9.17, 15) is 4.79 Å². The van der Waals surface area contributed by atoms with Crippen molar-refractivity contribution >= 4 is 23.2 Å². The third-order valence-electron chi connectivity index (χ3n) is 1.77. The van der Waals surface area contributed by atoms with E-state index in [1.807, 2.05) is 30.3 Å². The van der Waals surface area contributed by atoms with Crippen LogP contribution in [0.4, 0.5) is 0 Å². The van der Waals surface area contributed by atoms with Crippen LogP contribution in [-0.4, -0.2) is 17.5 Å². The predicted octanol–water partition coefficient (Wildman–Crippen LogP) is 1.96. The number of nitrogens with one attached hydrogen (secondary N) is 1. The molecule has 1 aromatic rings. The van der Waals surface area contributed by atoms with Gasteiger partial charge in [-0.25, -0.2) is 5.43 Å². The van der Waals surface area contributed by atoms with Crippen molar-refractivity contribution in [2.24, 2.45) is 5.10 Å². The molecule has 0 unspecified atom stereocenters. The van der Waals surface area contributed by atoms with Gasteiger partial charge in [-0.3, -0.25) is 4.79 Å². The van der Waals surface area contributed by atoms with E-state index in [0.29, 0.717) is 18.0 Å². The van der Waals surface area contributed by atoms with Gasteiger partial charge in [-0.05, 0) is 12.5 Å². The van der Waals surface area contributed by atoms with Crippen molar-refractivity contribution < 1.29 is 4.79 Å². The molecule has 0 aromatic heterocycles. The molecule has 1 rings (SSSR count). The number of halogens is 1. The number of hydrogen-bond donors (Lipinski definition) is 1. The zero-order valence-electron chi connectivity index (χ0n) is 8.53. The lowest BCUT2D eigenvalue weighted by atomic mass is 10.1. The lowest BCUT2D eigenvalue weighted by Crippen LogP contribution is -2.21. The van der Waals surface area contributed by atoms with E-state index in [2.05, 4.69) is 10.5 Å². The molecule has 0 heterocycles. The highest BCUT2D eigenvalue weighted by Gasteiger charge is 2.01. The quantitative estimate of drug-likeness (QED) is 0.474. The minimum atomic E-state index is -0.134. The first-order chi connectivity index (χ1) is 7.22. The first-order valence-electron chi connectivity index (χ1n) is 4.64. The van der Waals surface area contributed by atoms with Gasteiger partial charge in [0.2, 0.25) is 5.91 Å². The molecule has 80 valence electrons. The first-order valence-corrected chi connectivity index (χ1v) is 5.17. The summed E-state index contributed by atoms with van der Waals surface area (Å²) in [6, 6.07) is 9.51. The molecule has 15 heavy (non-hydrogen) atoms. The van der Waals surface area contributed by atoms with Crippen LogP contribution >= 0.6 is 11.6 Å². The number of carbonyl (C=O) groups is 1. The summed E-state index contributed by atoms with van der Waals surface area (Å²) < 4.78 is 0. The molecular weight excluding hydrogens is 212 g/mol. The summed E-state index contributed by atoms with van der Waals surface area (Å²) in [5.41, 5.74) is 4.11. The Kier molecular flexibility index (Phi) is 4.84. The monoisotopic (exact) mass is 224 g/mol. The molecule has 0 fully saturated rings. The van der Waals surface area contributed by atoms with E-state index in [0.717, 1.165) is 5.56 Å². The van der Waals surface area contributed by atoms with Crippen LogP contribution in [0.2, 0.25) is 0 Å². The second-order valence-electron chi connectivity index (χ2n) is 3.18. The number of benzene rings is 1. The molecule has 0 radical (unpaired) electrons. The topological polar surface area (TPSA) is 41.5 Å². The highest BCUT2D eigenvalue weighted by molar-refractivity contribution is 6.28. The molecule has 0 aliphatic rings. The van der Waals surface area contributed by atoms with Gasteiger partial charge < -0.3 is 0 Å². The zero-order valence-corrected chi connectivity index (χ0v) is 9.29. The van der Waals surface area contributed by atoms with Crippen LogP contribution in [0.5, 0.6) is 0 Å². The number of nitrogens with zero attached hydrogens (tertiary/aromatic N) is 1. The molecule has 4 heteroatoms. The van der Waals surface area contributed by atoms with Gasteiger partial charge in [0.15, 0.2) is 0 Å². The van der Waals surface area contributed by atoms with Gasteiger partial charge in [0, 0.05) is 5.71 Å². The number of amides is 1. The van der Waals surface area contributed by atoms with E-state index in [1.54, 1.807) is 6.92 Å². The van der Waals surface area contributed by atoms with Crippen LogP contribution in [0.15, 0.2) is 35.4 Å². The van der Waals surface area contributed by atoms with Crippen molar-refractivity contribution in [3.63, 3.8) is 0 Å². The zero-order chi connectivity index (χ0) is 11.1. The van der Waals surface area contributed by atoms with E-state index < -0.39 is 0 Å². The third-order valence-corrected chi connectivity index (χ3v) is 2.16. The largest absolute Gasteiger partial charge is 0.273 e. The van der Waals surface area contributed by atoms with Crippen LogP contribution in [0.3, 0.4) is 0 Å². The van der Waals surface area contributed by atoms with Gasteiger partial charge in [0.1, 0.15) is 0 Å². The van der Waals surface area contributed by atoms with Crippen LogP contribution in [0.25, 0.3) is 0 Å². The second kappa shape index (κ2) is 6.19. The molecule has 0 saturated heterocycles. The highest BCUT2D eigenvalue weighted by atomic mass is 35.5. The average molecular weight is 225 g/mol. The van der Waals surface area contributed by atoms with Crippen molar-refractivity contribution in [1.29, 1.82) is 0 Å². The van der Waals surface area contributed by atoms with Gasteiger partial charge >= 0.3 is 0 Å². The first kappa shape index (κ1) is 11.7. The molecule has 0 aliphatic carbocycles. The average Bonchev–Trinajstić information content (AvgIpc) is 2.27. The minimum absolute atomic E-state index is 0.134. The van der Waals surface area contributed by atoms with Crippen LogP contribution in [-0.2, 0) is 11.2 Å². The number of alkyl halides is 1. The smallest absolute Gasteiger partial charge is 0.244 e. The van der Waals surface area contributed by atoms with Crippen molar-refractivity contribution in [1.82, 2.24) is 5.43 Å². The molecule has 0 spiro atoms. The fourth-order valence-electron chi connectivity index (χ4n) is 1.01. The normalized spacial score (nSPS) is 11.2. The minimum Gasteiger partial charge on any atom is -0.273 e. The highest BCUT2D eigenvalue weighted by Crippen LogP contribution is 1.98. The lowest BCUT2D eigenvalue weighted by molar-refractivity contribution is -0.120. The van der Waals surface area contributed by atoms with E-state index in [4.69, 9.17) is 11.6 Å². The van der Waals surface area contributed by atoms with Crippen molar-refractivity contribution in [2.75, 3.05) is 5.88 Å². The summed E-state index contributed by atoms with van der Waals surface area (Å²) in [6.45, 7) is 1.76. The standard InChI is InChI=1S/C11H13ClN2O/c1-9(8-12)13-14-11(15)7-10-5-3-2-4-6-10/h2-6H,7-8H2,1H3,(H,14,15)/b13-9+. The molecular formula is C11H13ClN2O. The number of rotatable bonds is 4. The van der Waals surface area contributed by atoms with Crippen molar-refractivity contribution in [3.05, 3.63) is 35.9 Å². The summed E-state index contributed by atoms with van der Waals surface area (Å²) in [7, 11) is 0. The molecule has 3 nitrogen and oxygen atoms in total. The van der Waals surface area contributed by atoms with Crippen LogP contribution in [0.1, 0.15) is 12.5 Å². The van der Waals surface area contributed by atoms with Crippen molar-refractivity contribution in [2.45, 2.75) is 13.3 Å². The molecule has 0 saturated carbocycles.